The Morgan fingerprint density at radius 3 is 2.77 bits per heavy atom. The Labute approximate surface area is 83.1 Å². The number of anilines is 1. The summed E-state index contributed by atoms with van der Waals surface area (Å²) in [4.78, 5) is 1.09. The molecule has 0 aliphatic carbocycles. The lowest BCUT2D eigenvalue weighted by molar-refractivity contribution is 0.300. The maximum absolute atomic E-state index is 8.92. The standard InChI is InChI=1S/C10H15NOS/c1-7-4-3-5-9(11)10(7)13-8(2)6-12/h3-5,8,12H,6,11H2,1-2H3. The highest BCUT2D eigenvalue weighted by Gasteiger charge is 2.07. The smallest absolute Gasteiger partial charge is 0.0550 e. The molecule has 72 valence electrons. The van der Waals surface area contributed by atoms with Crippen molar-refractivity contribution in [2.45, 2.75) is 24.0 Å². The second kappa shape index (κ2) is 4.53. The minimum Gasteiger partial charge on any atom is -0.398 e. The molecule has 0 spiro atoms. The number of aryl methyl sites for hydroxylation is 1. The lowest BCUT2D eigenvalue weighted by Gasteiger charge is -2.12. The van der Waals surface area contributed by atoms with E-state index < -0.39 is 0 Å². The molecular formula is C10H15NOS. The van der Waals surface area contributed by atoms with Gasteiger partial charge in [-0.2, -0.15) is 0 Å². The van der Waals surface area contributed by atoms with Gasteiger partial charge >= 0.3 is 0 Å². The van der Waals surface area contributed by atoms with E-state index in [0.29, 0.717) is 0 Å². The summed E-state index contributed by atoms with van der Waals surface area (Å²) in [5.74, 6) is 0. The predicted octanol–water partition coefficient (Wildman–Crippen LogP) is 2.05. The third kappa shape index (κ3) is 2.64. The van der Waals surface area contributed by atoms with E-state index in [2.05, 4.69) is 0 Å². The molecular weight excluding hydrogens is 182 g/mol. The first kappa shape index (κ1) is 10.4. The van der Waals surface area contributed by atoms with Crippen molar-refractivity contribution in [3.05, 3.63) is 23.8 Å². The third-order valence-corrected chi connectivity index (χ3v) is 3.16. The molecule has 2 nitrogen and oxygen atoms in total. The molecule has 0 radical (unpaired) electrons. The highest BCUT2D eigenvalue weighted by molar-refractivity contribution is 8.00. The van der Waals surface area contributed by atoms with Crippen LogP contribution < -0.4 is 5.73 Å². The van der Waals surface area contributed by atoms with Crippen LogP contribution in [-0.4, -0.2) is 17.0 Å². The Kier molecular flexibility index (Phi) is 3.63. The summed E-state index contributed by atoms with van der Waals surface area (Å²) in [6.07, 6.45) is 0. The van der Waals surface area contributed by atoms with Crippen LogP contribution in [0.15, 0.2) is 23.1 Å². The molecule has 1 unspecified atom stereocenters. The number of hydrogen-bond acceptors (Lipinski definition) is 3. The van der Waals surface area contributed by atoms with E-state index in [0.717, 1.165) is 10.6 Å². The van der Waals surface area contributed by atoms with Gasteiger partial charge in [0.1, 0.15) is 0 Å². The Morgan fingerprint density at radius 1 is 1.54 bits per heavy atom. The predicted molar refractivity (Wildman–Crippen MR) is 58.0 cm³/mol. The number of rotatable bonds is 3. The van der Waals surface area contributed by atoms with Crippen molar-refractivity contribution in [3.63, 3.8) is 0 Å². The third-order valence-electron chi connectivity index (χ3n) is 1.82. The van der Waals surface area contributed by atoms with E-state index in [1.165, 1.54) is 5.56 Å². The van der Waals surface area contributed by atoms with E-state index in [-0.39, 0.29) is 11.9 Å². The average molecular weight is 197 g/mol. The molecule has 0 saturated carbocycles. The van der Waals surface area contributed by atoms with Gasteiger partial charge in [-0.25, -0.2) is 0 Å². The fraction of sp³-hybridized carbons (Fsp3) is 0.400. The molecule has 1 atom stereocenters. The van der Waals surface area contributed by atoms with Crippen LogP contribution in [0.25, 0.3) is 0 Å². The van der Waals surface area contributed by atoms with Crippen molar-refractivity contribution in [1.82, 2.24) is 0 Å². The van der Waals surface area contributed by atoms with Gasteiger partial charge in [-0.1, -0.05) is 19.1 Å². The van der Waals surface area contributed by atoms with Crippen LogP contribution in [0.5, 0.6) is 0 Å². The van der Waals surface area contributed by atoms with E-state index in [4.69, 9.17) is 10.8 Å². The topological polar surface area (TPSA) is 46.2 Å². The average Bonchev–Trinajstić information content (AvgIpc) is 2.11. The first-order chi connectivity index (χ1) is 6.15. The Hall–Kier alpha value is -0.670. The second-order valence-corrected chi connectivity index (χ2v) is 4.55. The minimum atomic E-state index is 0.179. The maximum Gasteiger partial charge on any atom is 0.0550 e. The van der Waals surface area contributed by atoms with Gasteiger partial charge in [-0.15, -0.1) is 11.8 Å². The van der Waals surface area contributed by atoms with Crippen LogP contribution in [0.1, 0.15) is 12.5 Å². The van der Waals surface area contributed by atoms with Gasteiger partial charge in [0.2, 0.25) is 0 Å². The molecule has 0 amide bonds. The summed E-state index contributed by atoms with van der Waals surface area (Å²) in [5.41, 5.74) is 7.79. The Bertz CT molecular complexity index is 268. The number of aliphatic hydroxyl groups excluding tert-OH is 1. The highest BCUT2D eigenvalue weighted by Crippen LogP contribution is 2.31. The quantitative estimate of drug-likeness (QED) is 0.576. The molecule has 13 heavy (non-hydrogen) atoms. The van der Waals surface area contributed by atoms with Crippen LogP contribution in [-0.2, 0) is 0 Å². The zero-order chi connectivity index (χ0) is 9.84. The van der Waals surface area contributed by atoms with Crippen LogP contribution in [0, 0.1) is 6.92 Å². The van der Waals surface area contributed by atoms with Crippen LogP contribution in [0.2, 0.25) is 0 Å². The molecule has 0 aromatic heterocycles. The molecule has 0 bridgehead atoms. The monoisotopic (exact) mass is 197 g/mol. The first-order valence-electron chi connectivity index (χ1n) is 4.27. The lowest BCUT2D eigenvalue weighted by atomic mass is 10.2. The molecule has 1 rings (SSSR count). The number of benzene rings is 1. The highest BCUT2D eigenvalue weighted by atomic mass is 32.2. The normalized spacial score (nSPS) is 12.8. The SMILES string of the molecule is Cc1cccc(N)c1SC(C)CO. The van der Waals surface area contributed by atoms with Gasteiger partial charge in [0.25, 0.3) is 0 Å². The van der Waals surface area contributed by atoms with Gasteiger partial charge in [0.05, 0.1) is 6.61 Å². The van der Waals surface area contributed by atoms with Gasteiger partial charge in [0.15, 0.2) is 0 Å². The van der Waals surface area contributed by atoms with Gasteiger partial charge < -0.3 is 10.8 Å². The molecule has 0 aliphatic rings. The molecule has 3 N–H and O–H groups in total. The summed E-state index contributed by atoms with van der Waals surface area (Å²) in [6, 6.07) is 5.86. The van der Waals surface area contributed by atoms with E-state index in [9.17, 15) is 0 Å². The molecule has 0 saturated heterocycles. The fourth-order valence-corrected chi connectivity index (χ4v) is 2.01. The van der Waals surface area contributed by atoms with Gasteiger partial charge in [-0.05, 0) is 18.6 Å². The molecule has 0 aliphatic heterocycles. The Morgan fingerprint density at radius 2 is 2.23 bits per heavy atom. The van der Waals surface area contributed by atoms with Crippen LogP contribution in [0.4, 0.5) is 5.69 Å². The number of nitrogens with two attached hydrogens (primary N) is 1. The van der Waals surface area contributed by atoms with Crippen molar-refractivity contribution < 1.29 is 5.11 Å². The summed E-state index contributed by atoms with van der Waals surface area (Å²) < 4.78 is 0. The number of nitrogen functional groups attached to an aromatic ring is 1. The lowest BCUT2D eigenvalue weighted by Crippen LogP contribution is -2.03. The zero-order valence-electron chi connectivity index (χ0n) is 7.95. The molecule has 0 heterocycles. The van der Waals surface area contributed by atoms with Crippen molar-refractivity contribution in [2.24, 2.45) is 0 Å². The van der Waals surface area contributed by atoms with Crippen LogP contribution in [0.3, 0.4) is 0 Å². The van der Waals surface area contributed by atoms with Crippen molar-refractivity contribution in [3.8, 4) is 0 Å². The van der Waals surface area contributed by atoms with E-state index in [1.54, 1.807) is 11.8 Å². The summed E-state index contributed by atoms with van der Waals surface area (Å²) in [7, 11) is 0. The van der Waals surface area contributed by atoms with E-state index in [1.807, 2.05) is 32.0 Å². The number of thioether (sulfide) groups is 1. The molecule has 3 heteroatoms. The molecule has 1 aromatic carbocycles. The van der Waals surface area contributed by atoms with E-state index >= 15 is 0 Å². The van der Waals surface area contributed by atoms with Crippen molar-refractivity contribution in [2.75, 3.05) is 12.3 Å². The molecule has 0 fully saturated rings. The first-order valence-corrected chi connectivity index (χ1v) is 5.15. The maximum atomic E-state index is 8.92. The number of hydrogen-bond donors (Lipinski definition) is 2. The van der Waals surface area contributed by atoms with Gasteiger partial charge in [-0.3, -0.25) is 0 Å². The van der Waals surface area contributed by atoms with Crippen molar-refractivity contribution in [1.29, 1.82) is 0 Å². The summed E-state index contributed by atoms with van der Waals surface area (Å²) >= 11 is 1.62. The summed E-state index contributed by atoms with van der Waals surface area (Å²) in [6.45, 7) is 4.19. The summed E-state index contributed by atoms with van der Waals surface area (Å²) in [5, 5.41) is 9.11. The number of aliphatic hydroxyl groups is 1. The second-order valence-electron chi connectivity index (χ2n) is 3.10. The van der Waals surface area contributed by atoms with Crippen LogP contribution >= 0.6 is 11.8 Å². The minimum absolute atomic E-state index is 0.179. The largest absolute Gasteiger partial charge is 0.398 e. The fourth-order valence-electron chi connectivity index (χ4n) is 1.07. The zero-order valence-corrected chi connectivity index (χ0v) is 8.77. The van der Waals surface area contributed by atoms with Crippen molar-refractivity contribution >= 4 is 17.4 Å². The van der Waals surface area contributed by atoms with Gasteiger partial charge in [0, 0.05) is 15.8 Å². The Balaban J connectivity index is 2.87. The molecule has 1 aromatic rings.